The minimum absolute atomic E-state index is 0.656. The van der Waals surface area contributed by atoms with Crippen LogP contribution >= 0.6 is 0 Å². The van der Waals surface area contributed by atoms with Crippen LogP contribution in [0.5, 0.6) is 0 Å². The molecule has 3 atom stereocenters. The first-order chi connectivity index (χ1) is 5.40. The van der Waals surface area contributed by atoms with Crippen molar-refractivity contribution in [2.75, 3.05) is 26.7 Å². The third-order valence-electron chi connectivity index (χ3n) is 2.74. The Hall–Kier alpha value is -0.570. The van der Waals surface area contributed by atoms with E-state index in [2.05, 4.69) is 14.9 Å². The van der Waals surface area contributed by atoms with E-state index in [0.29, 0.717) is 5.92 Å². The first-order valence-corrected chi connectivity index (χ1v) is 4.19. The quantitative estimate of drug-likeness (QED) is 0.429. The number of piperidine rings is 1. The van der Waals surface area contributed by atoms with Gasteiger partial charge in [0.1, 0.15) is 7.11 Å². The summed E-state index contributed by atoms with van der Waals surface area (Å²) in [5.74, 6) is 1.51. The third kappa shape index (κ3) is 1.25. The Morgan fingerprint density at radius 2 is 2.45 bits per heavy atom. The molecule has 0 aromatic carbocycles. The number of hydrogen-bond acceptors (Lipinski definition) is 3. The van der Waals surface area contributed by atoms with Crippen LogP contribution in [0.4, 0.5) is 0 Å². The Bertz CT molecular complexity index is 169. The van der Waals surface area contributed by atoms with Gasteiger partial charge in [-0.05, 0) is 18.9 Å². The minimum Gasteiger partial charge on any atom is -0.399 e. The summed E-state index contributed by atoms with van der Waals surface area (Å²) in [4.78, 5) is 7.16. The number of nitrogens with zero attached hydrogens (tertiary/aromatic N) is 2. The van der Waals surface area contributed by atoms with E-state index < -0.39 is 0 Å². The van der Waals surface area contributed by atoms with E-state index in [-0.39, 0.29) is 0 Å². The third-order valence-corrected chi connectivity index (χ3v) is 2.74. The Kier molecular flexibility index (Phi) is 1.82. The molecule has 11 heavy (non-hydrogen) atoms. The largest absolute Gasteiger partial charge is 0.399 e. The summed E-state index contributed by atoms with van der Waals surface area (Å²) in [5, 5.41) is 3.82. The van der Waals surface area contributed by atoms with Crippen molar-refractivity contribution in [1.29, 1.82) is 0 Å². The number of hydrogen-bond donors (Lipinski definition) is 0. The first kappa shape index (κ1) is 7.10. The van der Waals surface area contributed by atoms with Gasteiger partial charge in [0, 0.05) is 25.2 Å². The molecule has 2 aliphatic rings. The van der Waals surface area contributed by atoms with Crippen LogP contribution in [0.3, 0.4) is 0 Å². The van der Waals surface area contributed by atoms with Gasteiger partial charge in [-0.2, -0.15) is 0 Å². The second kappa shape index (κ2) is 2.81. The van der Waals surface area contributed by atoms with Gasteiger partial charge in [0.15, 0.2) is 0 Å². The summed E-state index contributed by atoms with van der Waals surface area (Å²) < 4.78 is 0. The Labute approximate surface area is 67.0 Å². The minimum atomic E-state index is 0.656. The first-order valence-electron chi connectivity index (χ1n) is 4.19. The van der Waals surface area contributed by atoms with E-state index in [1.165, 1.54) is 26.1 Å². The molecule has 3 heteroatoms. The van der Waals surface area contributed by atoms with Gasteiger partial charge in [-0.15, -0.1) is 0 Å². The molecule has 2 heterocycles. The molecule has 0 spiro atoms. The van der Waals surface area contributed by atoms with Gasteiger partial charge < -0.3 is 9.74 Å². The maximum absolute atomic E-state index is 4.66. The second-order valence-electron chi connectivity index (χ2n) is 3.41. The molecule has 0 radical (unpaired) electrons. The van der Waals surface area contributed by atoms with Crippen molar-refractivity contribution in [2.45, 2.75) is 6.42 Å². The van der Waals surface area contributed by atoms with E-state index in [4.69, 9.17) is 0 Å². The van der Waals surface area contributed by atoms with E-state index in [1.807, 2.05) is 6.21 Å². The molecule has 2 saturated heterocycles. The van der Waals surface area contributed by atoms with Crippen LogP contribution in [0.1, 0.15) is 6.42 Å². The standard InChI is InChI=1S/C8H14N2O/c1-11-9-4-8-6-10-3-2-7(8)5-10/h4,7-8H,2-3,5-6H2,1H3. The molecule has 62 valence electrons. The molecular formula is C8H14N2O. The molecule has 2 rings (SSSR count). The van der Waals surface area contributed by atoms with Gasteiger partial charge in [-0.25, -0.2) is 0 Å². The molecule has 0 aromatic heterocycles. The average molecular weight is 154 g/mol. The number of rotatable bonds is 2. The topological polar surface area (TPSA) is 24.8 Å². The highest BCUT2D eigenvalue weighted by Crippen LogP contribution is 2.31. The lowest BCUT2D eigenvalue weighted by Gasteiger charge is -2.17. The van der Waals surface area contributed by atoms with Crippen molar-refractivity contribution in [3.05, 3.63) is 0 Å². The molecule has 0 aromatic rings. The van der Waals surface area contributed by atoms with Gasteiger partial charge >= 0.3 is 0 Å². The van der Waals surface area contributed by atoms with Gasteiger partial charge in [0.05, 0.1) is 0 Å². The van der Waals surface area contributed by atoms with E-state index in [0.717, 1.165) is 5.92 Å². The predicted molar refractivity (Wildman–Crippen MR) is 43.5 cm³/mol. The summed E-state index contributed by atoms with van der Waals surface area (Å²) in [5.41, 5.74) is 0. The monoisotopic (exact) mass is 154 g/mol. The summed E-state index contributed by atoms with van der Waals surface area (Å²) in [6, 6.07) is 0. The molecule has 3 unspecified atom stereocenters. The second-order valence-corrected chi connectivity index (χ2v) is 3.41. The van der Waals surface area contributed by atoms with Crippen LogP contribution < -0.4 is 0 Å². The van der Waals surface area contributed by atoms with Crippen molar-refractivity contribution in [1.82, 2.24) is 4.90 Å². The molecule has 2 bridgehead atoms. The smallest absolute Gasteiger partial charge is 0.106 e. The number of fused-ring (bicyclic) bond motifs is 2. The van der Waals surface area contributed by atoms with Crippen molar-refractivity contribution in [2.24, 2.45) is 17.0 Å². The maximum atomic E-state index is 4.66. The molecule has 2 fully saturated rings. The highest BCUT2D eigenvalue weighted by molar-refractivity contribution is 5.61. The van der Waals surface area contributed by atoms with Gasteiger partial charge in [0.25, 0.3) is 0 Å². The van der Waals surface area contributed by atoms with Crippen molar-refractivity contribution >= 4 is 6.21 Å². The SMILES string of the molecule is CON=CC1CN2CCC1C2. The lowest BCUT2D eigenvalue weighted by atomic mass is 9.94. The average Bonchev–Trinajstić information content (AvgIpc) is 2.60. The highest BCUT2D eigenvalue weighted by atomic mass is 16.6. The predicted octanol–water partition coefficient (Wildman–Crippen LogP) is 0.570. The lowest BCUT2D eigenvalue weighted by molar-refractivity contribution is 0.211. The zero-order valence-electron chi connectivity index (χ0n) is 6.86. The molecule has 0 saturated carbocycles. The van der Waals surface area contributed by atoms with Crippen LogP contribution in [0.15, 0.2) is 5.16 Å². The van der Waals surface area contributed by atoms with Gasteiger partial charge in [-0.3, -0.25) is 0 Å². The highest BCUT2D eigenvalue weighted by Gasteiger charge is 2.36. The fraction of sp³-hybridized carbons (Fsp3) is 0.875. The van der Waals surface area contributed by atoms with Crippen LogP contribution in [0.25, 0.3) is 0 Å². The summed E-state index contributed by atoms with van der Waals surface area (Å²) in [6.45, 7) is 3.76. The Balaban J connectivity index is 1.92. The van der Waals surface area contributed by atoms with Crippen molar-refractivity contribution in [3.8, 4) is 0 Å². The zero-order valence-corrected chi connectivity index (χ0v) is 6.86. The maximum Gasteiger partial charge on any atom is 0.106 e. The van der Waals surface area contributed by atoms with Crippen LogP contribution in [0, 0.1) is 11.8 Å². The van der Waals surface area contributed by atoms with Crippen LogP contribution in [0.2, 0.25) is 0 Å². The molecule has 0 N–H and O–H groups in total. The summed E-state index contributed by atoms with van der Waals surface area (Å²) in [7, 11) is 1.60. The Morgan fingerprint density at radius 3 is 3.00 bits per heavy atom. The zero-order chi connectivity index (χ0) is 7.68. The van der Waals surface area contributed by atoms with Crippen molar-refractivity contribution in [3.63, 3.8) is 0 Å². The molecular weight excluding hydrogens is 140 g/mol. The molecule has 0 aliphatic carbocycles. The molecule has 2 aliphatic heterocycles. The normalized spacial score (nSPS) is 42.1. The van der Waals surface area contributed by atoms with E-state index in [9.17, 15) is 0 Å². The van der Waals surface area contributed by atoms with Crippen LogP contribution in [-0.2, 0) is 4.84 Å². The van der Waals surface area contributed by atoms with Gasteiger partial charge in [0.2, 0.25) is 0 Å². The summed E-state index contributed by atoms with van der Waals surface area (Å²) >= 11 is 0. The molecule has 3 nitrogen and oxygen atoms in total. The summed E-state index contributed by atoms with van der Waals surface area (Å²) in [6.07, 6.45) is 3.31. The fourth-order valence-corrected chi connectivity index (χ4v) is 2.13. The Morgan fingerprint density at radius 1 is 1.55 bits per heavy atom. The lowest BCUT2D eigenvalue weighted by Crippen LogP contribution is -2.24. The number of oxime groups is 1. The van der Waals surface area contributed by atoms with E-state index >= 15 is 0 Å². The molecule has 0 amide bonds. The van der Waals surface area contributed by atoms with E-state index in [1.54, 1.807) is 7.11 Å². The van der Waals surface area contributed by atoms with Crippen molar-refractivity contribution < 1.29 is 4.84 Å². The van der Waals surface area contributed by atoms with Crippen LogP contribution in [-0.4, -0.2) is 37.9 Å². The van der Waals surface area contributed by atoms with Gasteiger partial charge in [-0.1, -0.05) is 5.16 Å². The fourth-order valence-electron chi connectivity index (χ4n) is 2.13.